The van der Waals surface area contributed by atoms with Crippen molar-refractivity contribution in [3.63, 3.8) is 0 Å². The first-order chi connectivity index (χ1) is 8.20. The van der Waals surface area contributed by atoms with E-state index in [4.69, 9.17) is 4.74 Å². The molecule has 1 N–H and O–H groups in total. The number of nitrogens with one attached hydrogen (secondary N) is 1. The van der Waals surface area contributed by atoms with Gasteiger partial charge in [0.2, 0.25) is 0 Å². The predicted molar refractivity (Wildman–Crippen MR) is 76.9 cm³/mol. The van der Waals surface area contributed by atoms with Crippen LogP contribution >= 0.6 is 11.8 Å². The van der Waals surface area contributed by atoms with Gasteiger partial charge >= 0.3 is 0 Å². The minimum Gasteiger partial charge on any atom is -0.383 e. The summed E-state index contributed by atoms with van der Waals surface area (Å²) in [6, 6.07) is 1.17. The van der Waals surface area contributed by atoms with Gasteiger partial charge in [0.25, 0.3) is 0 Å². The van der Waals surface area contributed by atoms with Crippen LogP contribution in [0, 0.1) is 0 Å². The summed E-state index contributed by atoms with van der Waals surface area (Å²) >= 11 is 2.09. The van der Waals surface area contributed by atoms with Crippen LogP contribution in [-0.2, 0) is 4.74 Å². The third-order valence-corrected chi connectivity index (χ3v) is 4.91. The Hall–Kier alpha value is 0.230. The van der Waals surface area contributed by atoms with Crippen LogP contribution < -0.4 is 5.32 Å². The average Bonchev–Trinajstić information content (AvgIpc) is 2.32. The molecular formula is C13H28N2OS. The van der Waals surface area contributed by atoms with Crippen molar-refractivity contribution < 1.29 is 4.74 Å². The van der Waals surface area contributed by atoms with Crippen molar-refractivity contribution in [1.82, 2.24) is 10.2 Å². The molecular weight excluding hydrogens is 232 g/mol. The van der Waals surface area contributed by atoms with Crippen molar-refractivity contribution in [3.8, 4) is 0 Å². The molecule has 1 aliphatic heterocycles. The molecule has 1 rings (SSSR count). The summed E-state index contributed by atoms with van der Waals surface area (Å²) in [5.74, 6) is 1.25. The third-order valence-electron chi connectivity index (χ3n) is 3.57. The zero-order chi connectivity index (χ0) is 12.7. The van der Waals surface area contributed by atoms with Crippen molar-refractivity contribution in [2.75, 3.05) is 39.1 Å². The van der Waals surface area contributed by atoms with Crippen LogP contribution in [0.3, 0.4) is 0 Å². The maximum atomic E-state index is 5.38. The van der Waals surface area contributed by atoms with Gasteiger partial charge in [0.1, 0.15) is 0 Å². The Morgan fingerprint density at radius 2 is 2.24 bits per heavy atom. The summed E-state index contributed by atoms with van der Waals surface area (Å²) < 4.78 is 5.38. The minimum absolute atomic E-state index is 0.518. The standard InChI is InChI=1S/C13H28N2OS/c1-5-6-14-9-13(10-16-4)15-7-8-17-12(3)11(15)2/h11-14H,5-10H2,1-4H3. The maximum absolute atomic E-state index is 5.38. The molecule has 1 aliphatic rings. The van der Waals surface area contributed by atoms with E-state index >= 15 is 0 Å². The van der Waals surface area contributed by atoms with Crippen LogP contribution in [0.4, 0.5) is 0 Å². The van der Waals surface area contributed by atoms with Crippen molar-refractivity contribution in [2.45, 2.75) is 44.5 Å². The van der Waals surface area contributed by atoms with E-state index in [1.807, 2.05) is 0 Å². The molecule has 0 aromatic carbocycles. The van der Waals surface area contributed by atoms with Crippen LogP contribution in [0.5, 0.6) is 0 Å². The summed E-state index contributed by atoms with van der Waals surface area (Å²) in [5.41, 5.74) is 0. The molecule has 0 spiro atoms. The second-order valence-electron chi connectivity index (χ2n) is 4.87. The number of ether oxygens (including phenoxy) is 1. The van der Waals surface area contributed by atoms with Crippen molar-refractivity contribution in [2.24, 2.45) is 0 Å². The molecule has 0 aromatic rings. The van der Waals surface area contributed by atoms with Crippen LogP contribution in [-0.4, -0.2) is 61.3 Å². The molecule has 3 nitrogen and oxygen atoms in total. The molecule has 1 fully saturated rings. The zero-order valence-corrected chi connectivity index (χ0v) is 12.6. The molecule has 1 heterocycles. The lowest BCUT2D eigenvalue weighted by Crippen LogP contribution is -2.54. The lowest BCUT2D eigenvalue weighted by atomic mass is 10.1. The fourth-order valence-electron chi connectivity index (χ4n) is 2.38. The summed E-state index contributed by atoms with van der Waals surface area (Å²) in [6.07, 6.45) is 1.20. The number of hydrogen-bond donors (Lipinski definition) is 1. The number of rotatable bonds is 7. The first kappa shape index (κ1) is 15.3. The van der Waals surface area contributed by atoms with Gasteiger partial charge in [-0.2, -0.15) is 11.8 Å². The molecule has 1 saturated heterocycles. The van der Waals surface area contributed by atoms with E-state index < -0.39 is 0 Å². The minimum atomic E-state index is 0.518. The fourth-order valence-corrected chi connectivity index (χ4v) is 3.50. The number of hydrogen-bond acceptors (Lipinski definition) is 4. The Morgan fingerprint density at radius 3 is 2.88 bits per heavy atom. The van der Waals surface area contributed by atoms with Gasteiger partial charge in [-0.05, 0) is 19.9 Å². The van der Waals surface area contributed by atoms with Gasteiger partial charge in [-0.3, -0.25) is 4.90 Å². The Morgan fingerprint density at radius 1 is 1.47 bits per heavy atom. The summed E-state index contributed by atoms with van der Waals surface area (Å²) in [4.78, 5) is 2.62. The lowest BCUT2D eigenvalue weighted by molar-refractivity contribution is 0.0668. The van der Waals surface area contributed by atoms with E-state index in [0.29, 0.717) is 12.1 Å². The Bertz CT molecular complexity index is 204. The Labute approximate surface area is 111 Å². The predicted octanol–water partition coefficient (Wildman–Crippen LogP) is 1.83. The van der Waals surface area contributed by atoms with E-state index in [1.54, 1.807) is 7.11 Å². The lowest BCUT2D eigenvalue weighted by Gasteiger charge is -2.42. The van der Waals surface area contributed by atoms with Gasteiger partial charge in [0, 0.05) is 43.3 Å². The molecule has 102 valence electrons. The van der Waals surface area contributed by atoms with Crippen LogP contribution in [0.15, 0.2) is 0 Å². The average molecular weight is 260 g/mol. The van der Waals surface area contributed by atoms with Gasteiger partial charge in [-0.1, -0.05) is 13.8 Å². The summed E-state index contributed by atoms with van der Waals surface area (Å²) in [6.45, 7) is 11.1. The maximum Gasteiger partial charge on any atom is 0.0630 e. The topological polar surface area (TPSA) is 24.5 Å². The van der Waals surface area contributed by atoms with Crippen LogP contribution in [0.25, 0.3) is 0 Å². The highest BCUT2D eigenvalue weighted by atomic mass is 32.2. The summed E-state index contributed by atoms with van der Waals surface area (Å²) in [7, 11) is 1.81. The molecule has 3 atom stereocenters. The molecule has 0 aromatic heterocycles. The van der Waals surface area contributed by atoms with Gasteiger partial charge in [-0.15, -0.1) is 0 Å². The van der Waals surface area contributed by atoms with E-state index in [1.165, 1.54) is 18.7 Å². The molecule has 0 bridgehead atoms. The molecule has 17 heavy (non-hydrogen) atoms. The number of methoxy groups -OCH3 is 1. The van der Waals surface area contributed by atoms with Crippen LogP contribution in [0.2, 0.25) is 0 Å². The van der Waals surface area contributed by atoms with Gasteiger partial charge in [0.15, 0.2) is 0 Å². The highest BCUT2D eigenvalue weighted by Crippen LogP contribution is 2.25. The fraction of sp³-hybridized carbons (Fsp3) is 1.00. The highest BCUT2D eigenvalue weighted by Gasteiger charge is 2.30. The Kier molecular flexibility index (Phi) is 7.51. The first-order valence-corrected chi connectivity index (χ1v) is 7.82. The van der Waals surface area contributed by atoms with E-state index in [2.05, 4.69) is 42.7 Å². The molecule has 0 radical (unpaired) electrons. The number of nitrogens with zero attached hydrogens (tertiary/aromatic N) is 1. The van der Waals surface area contributed by atoms with Crippen molar-refractivity contribution in [1.29, 1.82) is 0 Å². The summed E-state index contributed by atoms with van der Waals surface area (Å²) in [5, 5.41) is 4.25. The second kappa shape index (κ2) is 8.35. The molecule has 3 unspecified atom stereocenters. The highest BCUT2D eigenvalue weighted by molar-refractivity contribution is 8.00. The zero-order valence-electron chi connectivity index (χ0n) is 11.7. The second-order valence-corrected chi connectivity index (χ2v) is 6.35. The first-order valence-electron chi connectivity index (χ1n) is 6.77. The van der Waals surface area contributed by atoms with E-state index in [0.717, 1.165) is 24.9 Å². The van der Waals surface area contributed by atoms with E-state index in [9.17, 15) is 0 Å². The SMILES string of the molecule is CCCNCC(COC)N1CCSC(C)C1C. The van der Waals surface area contributed by atoms with Crippen LogP contribution in [0.1, 0.15) is 27.2 Å². The van der Waals surface area contributed by atoms with E-state index in [-0.39, 0.29) is 0 Å². The number of thioether (sulfide) groups is 1. The monoisotopic (exact) mass is 260 g/mol. The van der Waals surface area contributed by atoms with Gasteiger partial charge in [0.05, 0.1) is 6.61 Å². The molecule has 0 saturated carbocycles. The van der Waals surface area contributed by atoms with Crippen molar-refractivity contribution >= 4 is 11.8 Å². The smallest absolute Gasteiger partial charge is 0.0630 e. The molecule has 4 heteroatoms. The third kappa shape index (κ3) is 4.78. The molecule has 0 amide bonds. The largest absolute Gasteiger partial charge is 0.383 e. The van der Waals surface area contributed by atoms with Gasteiger partial charge in [-0.25, -0.2) is 0 Å². The normalized spacial score (nSPS) is 28.2. The Balaban J connectivity index is 2.48. The van der Waals surface area contributed by atoms with Crippen molar-refractivity contribution in [3.05, 3.63) is 0 Å². The quantitative estimate of drug-likeness (QED) is 0.706. The van der Waals surface area contributed by atoms with Gasteiger partial charge < -0.3 is 10.1 Å². The molecule has 0 aliphatic carbocycles.